The molecule has 0 atom stereocenters. The van der Waals surface area contributed by atoms with Gasteiger partial charge in [0.25, 0.3) is 5.91 Å². The van der Waals surface area contributed by atoms with Crippen molar-refractivity contribution in [1.82, 2.24) is 15.0 Å². The lowest BCUT2D eigenvalue weighted by Gasteiger charge is -2.13. The lowest BCUT2D eigenvalue weighted by molar-refractivity contribution is 0.0706. The molecule has 3 aromatic rings. The summed E-state index contributed by atoms with van der Waals surface area (Å²) in [5, 5.41) is 12.0. The third-order valence-electron chi connectivity index (χ3n) is 3.93. The van der Waals surface area contributed by atoms with Crippen molar-refractivity contribution in [3.05, 3.63) is 54.1 Å². The third-order valence-corrected chi connectivity index (χ3v) is 3.93. The van der Waals surface area contributed by atoms with Crippen LogP contribution in [-0.4, -0.2) is 33.4 Å². The van der Waals surface area contributed by atoms with Crippen molar-refractivity contribution in [3.63, 3.8) is 0 Å². The SMILES string of the molecule is CC(C)OCCn1c(Nc2ccc(C(=O)NO)cc2)nc2ccccc21. The molecule has 1 heterocycles. The third kappa shape index (κ3) is 4.01. The molecule has 3 N–H and O–H groups in total. The van der Waals surface area contributed by atoms with Gasteiger partial charge >= 0.3 is 0 Å². The normalized spacial score (nSPS) is 11.1. The van der Waals surface area contributed by atoms with Gasteiger partial charge in [-0.25, -0.2) is 10.5 Å². The molecule has 3 rings (SSSR count). The van der Waals surface area contributed by atoms with E-state index in [1.807, 2.05) is 38.1 Å². The summed E-state index contributed by atoms with van der Waals surface area (Å²) < 4.78 is 7.75. The number of amides is 1. The van der Waals surface area contributed by atoms with E-state index in [0.717, 1.165) is 16.7 Å². The molecule has 136 valence electrons. The van der Waals surface area contributed by atoms with E-state index in [1.54, 1.807) is 29.7 Å². The number of anilines is 2. The highest BCUT2D eigenvalue weighted by Crippen LogP contribution is 2.23. The fraction of sp³-hybridized carbons (Fsp3) is 0.263. The van der Waals surface area contributed by atoms with Crippen molar-refractivity contribution in [2.45, 2.75) is 26.5 Å². The predicted octanol–water partition coefficient (Wildman–Crippen LogP) is 3.32. The number of nitrogens with one attached hydrogen (secondary N) is 2. The van der Waals surface area contributed by atoms with Crippen molar-refractivity contribution in [3.8, 4) is 0 Å². The number of hydrogen-bond donors (Lipinski definition) is 3. The molecule has 7 nitrogen and oxygen atoms in total. The summed E-state index contributed by atoms with van der Waals surface area (Å²) in [5.41, 5.74) is 4.71. The molecule has 0 bridgehead atoms. The second-order valence-electron chi connectivity index (χ2n) is 6.14. The average Bonchev–Trinajstić information content (AvgIpc) is 2.99. The molecule has 0 spiro atoms. The van der Waals surface area contributed by atoms with Gasteiger partial charge in [0.2, 0.25) is 5.95 Å². The van der Waals surface area contributed by atoms with Gasteiger partial charge in [0.1, 0.15) is 0 Å². The minimum absolute atomic E-state index is 0.173. The highest BCUT2D eigenvalue weighted by Gasteiger charge is 2.11. The molecule has 0 aliphatic heterocycles. The van der Waals surface area contributed by atoms with Crippen LogP contribution in [0.5, 0.6) is 0 Å². The number of para-hydroxylation sites is 2. The summed E-state index contributed by atoms with van der Waals surface area (Å²) in [4.78, 5) is 16.1. The van der Waals surface area contributed by atoms with Gasteiger partial charge in [-0.15, -0.1) is 0 Å². The van der Waals surface area contributed by atoms with Crippen molar-refractivity contribution in [2.24, 2.45) is 0 Å². The number of nitrogens with zero attached hydrogens (tertiary/aromatic N) is 2. The van der Waals surface area contributed by atoms with Crippen molar-refractivity contribution >= 4 is 28.6 Å². The molecule has 0 unspecified atom stereocenters. The highest BCUT2D eigenvalue weighted by atomic mass is 16.5. The Morgan fingerprint density at radius 2 is 1.92 bits per heavy atom. The fourth-order valence-corrected chi connectivity index (χ4v) is 2.68. The molecule has 0 fully saturated rings. The lowest BCUT2D eigenvalue weighted by Crippen LogP contribution is -2.18. The first-order valence-corrected chi connectivity index (χ1v) is 8.47. The first kappa shape index (κ1) is 17.9. The number of benzene rings is 2. The van der Waals surface area contributed by atoms with Gasteiger partial charge in [0.05, 0.1) is 23.7 Å². The number of aromatic nitrogens is 2. The highest BCUT2D eigenvalue weighted by molar-refractivity contribution is 5.93. The van der Waals surface area contributed by atoms with Crippen LogP contribution in [0.4, 0.5) is 11.6 Å². The second-order valence-corrected chi connectivity index (χ2v) is 6.14. The maximum atomic E-state index is 11.4. The number of rotatable bonds is 7. The molecule has 0 saturated carbocycles. The number of carbonyl (C=O) groups is 1. The van der Waals surface area contributed by atoms with Crippen LogP contribution in [0.2, 0.25) is 0 Å². The molecule has 7 heteroatoms. The van der Waals surface area contributed by atoms with Crippen LogP contribution < -0.4 is 10.8 Å². The summed E-state index contributed by atoms with van der Waals surface area (Å²) in [6.07, 6.45) is 0.173. The van der Waals surface area contributed by atoms with Gasteiger partial charge in [-0.1, -0.05) is 12.1 Å². The topological polar surface area (TPSA) is 88.4 Å². The minimum Gasteiger partial charge on any atom is -0.377 e. The van der Waals surface area contributed by atoms with Crippen LogP contribution in [0.1, 0.15) is 24.2 Å². The molecule has 0 saturated heterocycles. The number of fused-ring (bicyclic) bond motifs is 1. The zero-order chi connectivity index (χ0) is 18.5. The van der Waals surface area contributed by atoms with E-state index in [0.29, 0.717) is 24.7 Å². The fourth-order valence-electron chi connectivity index (χ4n) is 2.68. The minimum atomic E-state index is -0.547. The van der Waals surface area contributed by atoms with E-state index in [1.165, 1.54) is 0 Å². The van der Waals surface area contributed by atoms with Crippen LogP contribution in [0.3, 0.4) is 0 Å². The smallest absolute Gasteiger partial charge is 0.274 e. The van der Waals surface area contributed by atoms with E-state index in [-0.39, 0.29) is 6.10 Å². The Morgan fingerprint density at radius 1 is 1.19 bits per heavy atom. The predicted molar refractivity (Wildman–Crippen MR) is 99.8 cm³/mol. The Bertz CT molecular complexity index is 887. The molecular weight excluding hydrogens is 332 g/mol. The zero-order valence-corrected chi connectivity index (χ0v) is 14.8. The van der Waals surface area contributed by atoms with Gasteiger partial charge in [-0.05, 0) is 50.2 Å². The van der Waals surface area contributed by atoms with E-state index < -0.39 is 5.91 Å². The van der Waals surface area contributed by atoms with E-state index in [9.17, 15) is 4.79 Å². The quantitative estimate of drug-likeness (QED) is 0.447. The summed E-state index contributed by atoms with van der Waals surface area (Å²) in [6, 6.07) is 14.7. The van der Waals surface area contributed by atoms with Crippen LogP contribution >= 0.6 is 0 Å². The molecule has 0 aliphatic carbocycles. The van der Waals surface area contributed by atoms with Crippen LogP contribution in [0.25, 0.3) is 11.0 Å². The number of ether oxygens (including phenoxy) is 1. The number of imidazole rings is 1. The zero-order valence-electron chi connectivity index (χ0n) is 14.8. The summed E-state index contributed by atoms with van der Waals surface area (Å²) in [7, 11) is 0. The van der Waals surface area contributed by atoms with Gasteiger partial charge in [0, 0.05) is 17.8 Å². The van der Waals surface area contributed by atoms with Gasteiger partial charge in [-0.3, -0.25) is 10.0 Å². The molecule has 1 aromatic heterocycles. The number of carbonyl (C=O) groups excluding carboxylic acids is 1. The van der Waals surface area contributed by atoms with Crippen molar-refractivity contribution in [2.75, 3.05) is 11.9 Å². The Hall–Kier alpha value is -2.90. The second kappa shape index (κ2) is 7.99. The molecule has 26 heavy (non-hydrogen) atoms. The summed E-state index contributed by atoms with van der Waals surface area (Å²) in [6.45, 7) is 5.28. The monoisotopic (exact) mass is 354 g/mol. The Balaban J connectivity index is 1.85. The summed E-state index contributed by atoms with van der Waals surface area (Å²) >= 11 is 0. The number of hydrogen-bond acceptors (Lipinski definition) is 5. The molecule has 0 aliphatic rings. The van der Waals surface area contributed by atoms with Crippen molar-refractivity contribution in [1.29, 1.82) is 0 Å². The largest absolute Gasteiger partial charge is 0.377 e. The van der Waals surface area contributed by atoms with Crippen LogP contribution in [0, 0.1) is 0 Å². The average molecular weight is 354 g/mol. The Morgan fingerprint density at radius 3 is 2.62 bits per heavy atom. The molecular formula is C19H22N4O3. The van der Waals surface area contributed by atoms with Gasteiger partial charge in [0.15, 0.2) is 0 Å². The lowest BCUT2D eigenvalue weighted by atomic mass is 10.2. The Kier molecular flexibility index (Phi) is 5.50. The Labute approximate surface area is 151 Å². The van der Waals surface area contributed by atoms with E-state index in [4.69, 9.17) is 9.94 Å². The molecule has 0 radical (unpaired) electrons. The van der Waals surface area contributed by atoms with Crippen LogP contribution in [-0.2, 0) is 11.3 Å². The number of hydroxylamine groups is 1. The maximum absolute atomic E-state index is 11.4. The summed E-state index contributed by atoms with van der Waals surface area (Å²) in [5.74, 6) is 0.160. The maximum Gasteiger partial charge on any atom is 0.274 e. The van der Waals surface area contributed by atoms with Crippen molar-refractivity contribution < 1.29 is 14.7 Å². The molecule has 1 amide bonds. The van der Waals surface area contributed by atoms with Gasteiger partial charge in [-0.2, -0.15) is 0 Å². The van der Waals surface area contributed by atoms with E-state index >= 15 is 0 Å². The first-order chi connectivity index (χ1) is 12.6. The standard InChI is InChI=1S/C19H22N4O3/c1-13(2)26-12-11-23-17-6-4-3-5-16(17)21-19(23)20-15-9-7-14(8-10-15)18(24)22-25/h3-10,13,25H,11-12H2,1-2H3,(H,20,21)(H,22,24). The van der Waals surface area contributed by atoms with Gasteiger partial charge < -0.3 is 14.6 Å². The first-order valence-electron chi connectivity index (χ1n) is 8.47. The van der Waals surface area contributed by atoms with Crippen LogP contribution in [0.15, 0.2) is 48.5 Å². The van der Waals surface area contributed by atoms with E-state index in [2.05, 4.69) is 14.9 Å². The molecule has 2 aromatic carbocycles.